The van der Waals surface area contributed by atoms with E-state index in [0.29, 0.717) is 35.2 Å². The molecular formula is C24H20F2N2O2. The molecule has 0 aliphatic rings. The lowest BCUT2D eigenvalue weighted by Crippen LogP contribution is -1.98. The number of halogens is 2. The average Bonchev–Trinajstić information content (AvgIpc) is 3.25. The topological polar surface area (TPSA) is 36.3 Å². The van der Waals surface area contributed by atoms with Gasteiger partial charge in [-0.25, -0.2) is 13.8 Å². The zero-order chi connectivity index (χ0) is 20.9. The third kappa shape index (κ3) is 4.33. The van der Waals surface area contributed by atoms with E-state index in [9.17, 15) is 8.78 Å². The molecule has 3 aromatic carbocycles. The fourth-order valence-electron chi connectivity index (χ4n) is 3.09. The van der Waals surface area contributed by atoms with Gasteiger partial charge in [0, 0.05) is 17.4 Å². The Bertz CT molecular complexity index is 1090. The van der Waals surface area contributed by atoms with Gasteiger partial charge in [0.1, 0.15) is 29.6 Å². The summed E-state index contributed by atoms with van der Waals surface area (Å²) >= 11 is 0. The lowest BCUT2D eigenvalue weighted by Gasteiger charge is -2.10. The summed E-state index contributed by atoms with van der Waals surface area (Å²) in [5.41, 5.74) is 2.23. The van der Waals surface area contributed by atoms with Crippen LogP contribution in [-0.4, -0.2) is 16.7 Å². The van der Waals surface area contributed by atoms with E-state index in [4.69, 9.17) is 9.47 Å². The number of benzene rings is 3. The number of hydrogen-bond acceptors (Lipinski definition) is 3. The van der Waals surface area contributed by atoms with Crippen molar-refractivity contribution in [1.29, 1.82) is 0 Å². The largest absolute Gasteiger partial charge is 0.497 e. The molecule has 1 aromatic heterocycles. The lowest BCUT2D eigenvalue weighted by molar-refractivity contribution is 0.146. The number of imidazole rings is 1. The predicted octanol–water partition coefficient (Wildman–Crippen LogP) is 6.06. The fourth-order valence-corrected chi connectivity index (χ4v) is 3.09. The van der Waals surface area contributed by atoms with E-state index >= 15 is 0 Å². The molecular weight excluding hydrogens is 386 g/mol. The molecule has 0 saturated heterocycles. The van der Waals surface area contributed by atoms with E-state index in [-0.39, 0.29) is 5.69 Å². The molecule has 6 heteroatoms. The molecule has 0 aliphatic carbocycles. The van der Waals surface area contributed by atoms with Gasteiger partial charge < -0.3 is 9.47 Å². The molecule has 0 fully saturated rings. The van der Waals surface area contributed by atoms with Gasteiger partial charge in [0.15, 0.2) is 0 Å². The molecule has 0 atom stereocenters. The van der Waals surface area contributed by atoms with Crippen LogP contribution in [0.15, 0.2) is 85.1 Å². The first kappa shape index (κ1) is 19.6. The van der Waals surface area contributed by atoms with Gasteiger partial charge in [-0.2, -0.15) is 0 Å². The molecule has 0 spiro atoms. The van der Waals surface area contributed by atoms with Gasteiger partial charge >= 0.3 is 0 Å². The Morgan fingerprint density at radius 3 is 2.17 bits per heavy atom. The number of nitrogens with zero attached hydrogens (tertiary/aromatic N) is 2. The van der Waals surface area contributed by atoms with Crippen molar-refractivity contribution >= 4 is 0 Å². The molecule has 152 valence electrons. The summed E-state index contributed by atoms with van der Waals surface area (Å²) in [5, 5.41) is 0. The average molecular weight is 406 g/mol. The highest BCUT2D eigenvalue weighted by Gasteiger charge is 2.18. The van der Waals surface area contributed by atoms with Gasteiger partial charge in [0.2, 0.25) is 0 Å². The predicted molar refractivity (Wildman–Crippen MR) is 111 cm³/mol. The molecule has 0 amide bonds. The highest BCUT2D eigenvalue weighted by atomic mass is 19.3. The highest BCUT2D eigenvalue weighted by molar-refractivity contribution is 5.60. The van der Waals surface area contributed by atoms with Crippen LogP contribution in [0.5, 0.6) is 11.5 Å². The van der Waals surface area contributed by atoms with Crippen LogP contribution in [0.1, 0.15) is 17.7 Å². The van der Waals surface area contributed by atoms with Crippen LogP contribution in [0.25, 0.3) is 17.1 Å². The maximum atomic E-state index is 13.3. The van der Waals surface area contributed by atoms with E-state index in [1.54, 1.807) is 35.9 Å². The smallest absolute Gasteiger partial charge is 0.281 e. The normalized spacial score (nSPS) is 10.9. The Morgan fingerprint density at radius 1 is 0.867 bits per heavy atom. The van der Waals surface area contributed by atoms with Gasteiger partial charge in [-0.1, -0.05) is 30.3 Å². The Balaban J connectivity index is 1.60. The summed E-state index contributed by atoms with van der Waals surface area (Å²) in [5.74, 6) is 1.82. The first-order valence-electron chi connectivity index (χ1n) is 9.43. The molecule has 0 N–H and O–H groups in total. The SMILES string of the molecule is COc1ccc(-c2nc(C(F)F)cn2-c2ccc(OCc3ccccc3)cc2)cc1. The number of ether oxygens (including phenoxy) is 2. The van der Waals surface area contributed by atoms with Gasteiger partial charge in [-0.3, -0.25) is 4.57 Å². The van der Waals surface area contributed by atoms with Crippen LogP contribution in [-0.2, 0) is 6.61 Å². The van der Waals surface area contributed by atoms with Gasteiger partial charge in [0.25, 0.3) is 6.43 Å². The summed E-state index contributed by atoms with van der Waals surface area (Å²) in [6.45, 7) is 0.456. The molecule has 0 aliphatic heterocycles. The fraction of sp³-hybridized carbons (Fsp3) is 0.125. The number of rotatable bonds is 7. The van der Waals surface area contributed by atoms with Crippen molar-refractivity contribution in [2.24, 2.45) is 0 Å². The third-order valence-corrected chi connectivity index (χ3v) is 4.66. The van der Waals surface area contributed by atoms with Crippen LogP contribution >= 0.6 is 0 Å². The second-order valence-corrected chi connectivity index (χ2v) is 6.66. The van der Waals surface area contributed by atoms with E-state index in [2.05, 4.69) is 4.98 Å². The highest BCUT2D eigenvalue weighted by Crippen LogP contribution is 2.29. The Kier molecular flexibility index (Phi) is 5.75. The maximum Gasteiger partial charge on any atom is 0.281 e. The molecule has 0 radical (unpaired) electrons. The number of aromatic nitrogens is 2. The van der Waals surface area contributed by atoms with Gasteiger partial charge in [-0.15, -0.1) is 0 Å². The van der Waals surface area contributed by atoms with E-state index in [1.165, 1.54) is 6.20 Å². The van der Waals surface area contributed by atoms with Gasteiger partial charge in [-0.05, 0) is 54.1 Å². The maximum absolute atomic E-state index is 13.3. The van der Waals surface area contributed by atoms with Crippen molar-refractivity contribution < 1.29 is 18.3 Å². The van der Waals surface area contributed by atoms with Crippen molar-refractivity contribution in [2.45, 2.75) is 13.0 Å². The summed E-state index contributed by atoms with van der Waals surface area (Å²) in [6, 6.07) is 24.3. The number of alkyl halides is 2. The zero-order valence-corrected chi connectivity index (χ0v) is 16.3. The molecule has 0 unspecified atom stereocenters. The molecule has 0 bridgehead atoms. The minimum atomic E-state index is -2.66. The van der Waals surface area contributed by atoms with Crippen molar-refractivity contribution in [2.75, 3.05) is 7.11 Å². The lowest BCUT2D eigenvalue weighted by atomic mass is 10.2. The number of methoxy groups -OCH3 is 1. The molecule has 30 heavy (non-hydrogen) atoms. The Morgan fingerprint density at radius 2 is 1.53 bits per heavy atom. The third-order valence-electron chi connectivity index (χ3n) is 4.66. The molecule has 1 heterocycles. The zero-order valence-electron chi connectivity index (χ0n) is 16.3. The van der Waals surface area contributed by atoms with Crippen molar-refractivity contribution in [1.82, 2.24) is 9.55 Å². The van der Waals surface area contributed by atoms with Crippen molar-refractivity contribution in [3.63, 3.8) is 0 Å². The first-order valence-corrected chi connectivity index (χ1v) is 9.43. The van der Waals surface area contributed by atoms with Crippen LogP contribution in [0.4, 0.5) is 8.78 Å². The minimum Gasteiger partial charge on any atom is -0.497 e. The van der Waals surface area contributed by atoms with E-state index in [0.717, 1.165) is 5.56 Å². The Hall–Kier alpha value is -3.67. The first-order chi connectivity index (χ1) is 14.6. The van der Waals surface area contributed by atoms with E-state index in [1.807, 2.05) is 54.6 Å². The van der Waals surface area contributed by atoms with Crippen LogP contribution in [0, 0.1) is 0 Å². The second kappa shape index (κ2) is 8.78. The minimum absolute atomic E-state index is 0.273. The monoisotopic (exact) mass is 406 g/mol. The van der Waals surface area contributed by atoms with Crippen LogP contribution in [0.3, 0.4) is 0 Å². The molecule has 4 nitrogen and oxygen atoms in total. The molecule has 4 rings (SSSR count). The van der Waals surface area contributed by atoms with E-state index < -0.39 is 6.43 Å². The Labute approximate surface area is 173 Å². The summed E-state index contributed by atoms with van der Waals surface area (Å²) in [6.07, 6.45) is -1.29. The van der Waals surface area contributed by atoms with Crippen LogP contribution in [0.2, 0.25) is 0 Å². The molecule has 0 saturated carbocycles. The second-order valence-electron chi connectivity index (χ2n) is 6.66. The van der Waals surface area contributed by atoms with Crippen molar-refractivity contribution in [3.8, 4) is 28.6 Å². The van der Waals surface area contributed by atoms with Gasteiger partial charge in [0.05, 0.1) is 7.11 Å². The summed E-state index contributed by atoms with van der Waals surface area (Å²) in [4.78, 5) is 4.15. The standard InChI is InChI=1S/C24H20F2N2O2/c1-29-20-11-7-18(8-12-20)24-27-22(23(25)26)15-28(24)19-9-13-21(14-10-19)30-16-17-5-3-2-4-6-17/h2-15,23H,16H2,1H3. The number of hydrogen-bond donors (Lipinski definition) is 0. The quantitative estimate of drug-likeness (QED) is 0.374. The van der Waals surface area contributed by atoms with Crippen molar-refractivity contribution in [3.05, 3.63) is 96.3 Å². The summed E-state index contributed by atoms with van der Waals surface area (Å²) in [7, 11) is 1.58. The molecule has 4 aromatic rings. The van der Waals surface area contributed by atoms with Crippen LogP contribution < -0.4 is 9.47 Å². The summed E-state index contributed by atoms with van der Waals surface area (Å²) < 4.78 is 39.3.